The predicted molar refractivity (Wildman–Crippen MR) is 112 cm³/mol. The molecule has 0 atom stereocenters. The number of benzene rings is 2. The van der Waals surface area contributed by atoms with Gasteiger partial charge in [0.05, 0.1) is 11.6 Å². The van der Waals surface area contributed by atoms with Crippen molar-refractivity contribution in [3.8, 4) is 6.07 Å². The number of nitrogens with one attached hydrogen (secondary N) is 1. The number of rotatable bonds is 2. The summed E-state index contributed by atoms with van der Waals surface area (Å²) in [5.41, 5.74) is 4.01. The molecule has 0 aliphatic heterocycles. The molecule has 2 aromatic rings. The lowest BCUT2D eigenvalue weighted by atomic mass is 10.1. The summed E-state index contributed by atoms with van der Waals surface area (Å²) >= 11 is 10.3. The van der Waals surface area contributed by atoms with Crippen LogP contribution < -0.4 is 11.3 Å². The largest absolute Gasteiger partial charge is 0.276 e. The van der Waals surface area contributed by atoms with E-state index in [2.05, 4.69) is 5.43 Å². The quantitative estimate of drug-likeness (QED) is 0.410. The van der Waals surface area contributed by atoms with E-state index in [4.69, 9.17) is 34.3 Å². The first-order valence-electron chi connectivity index (χ1n) is 7.53. The molecule has 2 rings (SSSR count). The highest BCUT2D eigenvalue weighted by atomic mass is 35.5. The van der Waals surface area contributed by atoms with Crippen molar-refractivity contribution in [3.05, 3.63) is 71.3 Å². The van der Waals surface area contributed by atoms with Gasteiger partial charge in [-0.2, -0.15) is 5.26 Å². The Morgan fingerprint density at radius 1 is 0.963 bits per heavy atom. The van der Waals surface area contributed by atoms with Crippen LogP contribution in [-0.2, 0) is 0 Å². The standard InChI is InChI=1S/C8H4ClNO.C7H5ClO.C4H12N2.ClH/c9-8(11)7-3-1-2-6(4-7)5-10;8-7(9)6-4-2-1-3-5-6;1-4(2,3)6-5;/h1-4H;1-5H;6H,5H2,1-3H3;1H. The molecule has 8 heteroatoms. The minimum absolute atomic E-state index is 0. The van der Waals surface area contributed by atoms with Crippen LogP contribution in [0.15, 0.2) is 54.6 Å². The normalized spacial score (nSPS) is 9.22. The second-order valence-electron chi connectivity index (χ2n) is 6.00. The summed E-state index contributed by atoms with van der Waals surface area (Å²) in [6.45, 7) is 6.02. The van der Waals surface area contributed by atoms with E-state index >= 15 is 0 Å². The highest BCUT2D eigenvalue weighted by Gasteiger charge is 2.02. The summed E-state index contributed by atoms with van der Waals surface area (Å²) in [6, 6.07) is 16.9. The number of hydrazine groups is 1. The summed E-state index contributed by atoms with van der Waals surface area (Å²) < 4.78 is 0. The molecule has 0 heterocycles. The minimum Gasteiger partial charge on any atom is -0.276 e. The monoisotopic (exact) mass is 429 g/mol. The molecule has 0 fully saturated rings. The molecule has 3 N–H and O–H groups in total. The Balaban J connectivity index is 0. The molecule has 5 nitrogen and oxygen atoms in total. The van der Waals surface area contributed by atoms with Gasteiger partial charge in [0.1, 0.15) is 0 Å². The lowest BCUT2D eigenvalue weighted by Gasteiger charge is -2.14. The van der Waals surface area contributed by atoms with Gasteiger partial charge in [-0.3, -0.25) is 20.9 Å². The summed E-state index contributed by atoms with van der Waals surface area (Å²) in [5, 5.41) is 7.49. The van der Waals surface area contributed by atoms with E-state index < -0.39 is 10.5 Å². The van der Waals surface area contributed by atoms with Crippen LogP contribution in [0, 0.1) is 11.3 Å². The average molecular weight is 431 g/mol. The number of nitrogens with zero attached hydrogens (tertiary/aromatic N) is 1. The third-order valence-corrected chi connectivity index (χ3v) is 3.09. The van der Waals surface area contributed by atoms with Crippen LogP contribution in [0.3, 0.4) is 0 Å². The van der Waals surface area contributed by atoms with Gasteiger partial charge in [-0.25, -0.2) is 0 Å². The van der Waals surface area contributed by atoms with Gasteiger partial charge in [-0.05, 0) is 56.1 Å². The van der Waals surface area contributed by atoms with Crippen molar-refractivity contribution < 1.29 is 9.59 Å². The number of nitrogens with two attached hydrogens (primary N) is 1. The van der Waals surface area contributed by atoms with Gasteiger partial charge in [0.2, 0.25) is 0 Å². The maximum Gasteiger partial charge on any atom is 0.252 e. The Hall–Kier alpha value is -1.94. The van der Waals surface area contributed by atoms with Gasteiger partial charge >= 0.3 is 0 Å². The minimum atomic E-state index is -0.540. The fourth-order valence-corrected chi connectivity index (χ4v) is 1.52. The Labute approximate surface area is 175 Å². The average Bonchev–Trinajstić information content (AvgIpc) is 2.63. The van der Waals surface area contributed by atoms with Gasteiger partial charge < -0.3 is 0 Å². The van der Waals surface area contributed by atoms with Crippen molar-refractivity contribution >= 4 is 46.1 Å². The zero-order valence-corrected chi connectivity index (χ0v) is 17.5. The number of carbonyl (C=O) groups excluding carboxylic acids is 2. The van der Waals surface area contributed by atoms with Crippen molar-refractivity contribution in [2.45, 2.75) is 26.3 Å². The molecule has 2 aromatic carbocycles. The molecule has 0 saturated heterocycles. The van der Waals surface area contributed by atoms with Crippen LogP contribution in [0.25, 0.3) is 0 Å². The number of hydrogen-bond donors (Lipinski definition) is 2. The molecule has 0 bridgehead atoms. The maximum absolute atomic E-state index is 10.6. The third-order valence-electron chi connectivity index (χ3n) is 2.65. The van der Waals surface area contributed by atoms with Crippen LogP contribution in [0.1, 0.15) is 47.1 Å². The first kappa shape index (κ1) is 27.3. The molecule has 146 valence electrons. The van der Waals surface area contributed by atoms with E-state index in [1.807, 2.05) is 32.9 Å². The lowest BCUT2D eigenvalue weighted by Crippen LogP contribution is -2.41. The Morgan fingerprint density at radius 2 is 1.41 bits per heavy atom. The van der Waals surface area contributed by atoms with Crippen molar-refractivity contribution in [1.29, 1.82) is 5.26 Å². The summed E-state index contributed by atoms with van der Waals surface area (Å²) in [5.74, 6) is 5.06. The highest BCUT2D eigenvalue weighted by Crippen LogP contribution is 2.06. The zero-order chi connectivity index (χ0) is 20.2. The molecule has 27 heavy (non-hydrogen) atoms. The highest BCUT2D eigenvalue weighted by molar-refractivity contribution is 6.68. The number of halogens is 3. The smallest absolute Gasteiger partial charge is 0.252 e. The van der Waals surface area contributed by atoms with Gasteiger partial charge in [0.15, 0.2) is 0 Å². The molecule has 0 radical (unpaired) electrons. The van der Waals surface area contributed by atoms with Gasteiger partial charge in [-0.15, -0.1) is 12.4 Å². The summed E-state index contributed by atoms with van der Waals surface area (Å²) in [6.07, 6.45) is 0. The van der Waals surface area contributed by atoms with Crippen LogP contribution in [-0.4, -0.2) is 16.0 Å². The fraction of sp³-hybridized carbons (Fsp3) is 0.211. The maximum atomic E-state index is 10.6. The van der Waals surface area contributed by atoms with Crippen molar-refractivity contribution in [2.24, 2.45) is 5.84 Å². The topological polar surface area (TPSA) is 96.0 Å². The van der Waals surface area contributed by atoms with E-state index in [0.29, 0.717) is 16.7 Å². The second kappa shape index (κ2) is 14.2. The SMILES string of the molecule is CC(C)(C)NN.Cl.N#Cc1cccc(C(=O)Cl)c1.O=C(Cl)c1ccccc1. The Kier molecular flexibility index (Phi) is 14.3. The molecular formula is C19H22Cl3N3O2. The van der Waals surface area contributed by atoms with E-state index in [-0.39, 0.29) is 17.9 Å². The van der Waals surface area contributed by atoms with Crippen molar-refractivity contribution in [1.82, 2.24) is 5.43 Å². The van der Waals surface area contributed by atoms with E-state index in [0.717, 1.165) is 0 Å². The fourth-order valence-electron chi connectivity index (χ4n) is 1.28. The predicted octanol–water partition coefficient (Wildman–Crippen LogP) is 4.67. The molecule has 0 unspecified atom stereocenters. The Bertz CT molecular complexity index is 755. The van der Waals surface area contributed by atoms with Gasteiger partial charge in [0, 0.05) is 16.7 Å². The van der Waals surface area contributed by atoms with E-state index in [1.54, 1.807) is 42.5 Å². The molecule has 0 spiro atoms. The molecule has 0 saturated carbocycles. The molecule has 0 aromatic heterocycles. The Morgan fingerprint density at radius 3 is 1.74 bits per heavy atom. The summed E-state index contributed by atoms with van der Waals surface area (Å²) in [4.78, 5) is 21.0. The van der Waals surface area contributed by atoms with Crippen LogP contribution in [0.2, 0.25) is 0 Å². The molecular weight excluding hydrogens is 409 g/mol. The molecule has 0 amide bonds. The number of hydrogen-bond acceptors (Lipinski definition) is 5. The van der Waals surface area contributed by atoms with Crippen LogP contribution in [0.5, 0.6) is 0 Å². The van der Waals surface area contributed by atoms with Crippen molar-refractivity contribution in [3.63, 3.8) is 0 Å². The number of nitriles is 1. The number of carbonyl (C=O) groups is 2. The summed E-state index contributed by atoms with van der Waals surface area (Å²) in [7, 11) is 0. The van der Waals surface area contributed by atoms with Crippen LogP contribution in [0.4, 0.5) is 0 Å². The zero-order valence-electron chi connectivity index (χ0n) is 15.2. The third kappa shape index (κ3) is 13.9. The van der Waals surface area contributed by atoms with Crippen molar-refractivity contribution in [2.75, 3.05) is 0 Å². The first-order valence-corrected chi connectivity index (χ1v) is 8.29. The first-order chi connectivity index (χ1) is 12.1. The van der Waals surface area contributed by atoms with Gasteiger partial charge in [0.25, 0.3) is 10.5 Å². The van der Waals surface area contributed by atoms with Gasteiger partial charge in [-0.1, -0.05) is 42.5 Å². The van der Waals surface area contributed by atoms with E-state index in [9.17, 15) is 9.59 Å². The lowest BCUT2D eigenvalue weighted by molar-refractivity contribution is 0.107. The van der Waals surface area contributed by atoms with Crippen LogP contribution >= 0.6 is 35.6 Å². The van der Waals surface area contributed by atoms with E-state index in [1.165, 1.54) is 6.07 Å². The second-order valence-corrected chi connectivity index (χ2v) is 6.69. The molecule has 0 aliphatic carbocycles. The molecule has 0 aliphatic rings.